The van der Waals surface area contributed by atoms with Crippen LogP contribution in [0.4, 0.5) is 13.2 Å². The van der Waals surface area contributed by atoms with Crippen molar-refractivity contribution in [2.45, 2.75) is 11.1 Å². The van der Waals surface area contributed by atoms with E-state index >= 15 is 0 Å². The number of rotatable bonds is 5. The molecule has 1 aromatic heterocycles. The third kappa shape index (κ3) is 5.18. The summed E-state index contributed by atoms with van der Waals surface area (Å²) in [6.45, 7) is 0. The van der Waals surface area contributed by atoms with E-state index in [0.29, 0.717) is 4.47 Å². The summed E-state index contributed by atoms with van der Waals surface area (Å²) >= 11 is 3.10. The fourth-order valence-corrected chi connectivity index (χ4v) is 3.23. The van der Waals surface area contributed by atoms with Crippen LogP contribution in [0.3, 0.4) is 0 Å². The molecule has 0 atom stereocenters. The zero-order valence-corrected chi connectivity index (χ0v) is 15.9. The fraction of sp³-hybridized carbons (Fsp3) is 0.200. The minimum atomic E-state index is -4.56. The third-order valence-corrected chi connectivity index (χ3v) is 4.51. The van der Waals surface area contributed by atoms with Crippen LogP contribution in [-0.4, -0.2) is 38.7 Å². The van der Waals surface area contributed by atoms with Gasteiger partial charge in [0.05, 0.1) is 5.56 Å². The van der Waals surface area contributed by atoms with E-state index in [4.69, 9.17) is 4.74 Å². The number of ether oxygens (including phenoxy) is 1. The van der Waals surface area contributed by atoms with Crippen molar-refractivity contribution >= 4 is 32.3 Å². The van der Waals surface area contributed by atoms with Gasteiger partial charge in [-0.2, -0.15) is 21.6 Å². The van der Waals surface area contributed by atoms with Gasteiger partial charge >= 0.3 is 6.18 Å². The molecule has 11 heteroatoms. The zero-order chi connectivity index (χ0) is 19.5. The van der Waals surface area contributed by atoms with Crippen molar-refractivity contribution in [2.24, 2.45) is 4.40 Å². The summed E-state index contributed by atoms with van der Waals surface area (Å²) in [7, 11) is -1.02. The monoisotopic (exact) mass is 451 g/mol. The molecule has 1 heterocycles. The quantitative estimate of drug-likeness (QED) is 0.508. The van der Waals surface area contributed by atoms with Crippen molar-refractivity contribution in [3.05, 3.63) is 46.6 Å². The molecule has 0 unspecified atom stereocenters. The third-order valence-electron chi connectivity index (χ3n) is 2.86. The van der Waals surface area contributed by atoms with Crippen LogP contribution in [0.15, 0.2) is 50.3 Å². The second-order valence-corrected chi connectivity index (χ2v) is 7.76. The van der Waals surface area contributed by atoms with Crippen LogP contribution in [0.1, 0.15) is 5.56 Å². The largest absolute Gasteiger partial charge is 0.438 e. The zero-order valence-electron chi connectivity index (χ0n) is 13.5. The lowest BCUT2D eigenvalue weighted by Crippen LogP contribution is -2.11. The summed E-state index contributed by atoms with van der Waals surface area (Å²) in [6.07, 6.45) is -2.22. The minimum absolute atomic E-state index is 0.206. The lowest BCUT2D eigenvalue weighted by Gasteiger charge is -2.12. The van der Waals surface area contributed by atoms with Gasteiger partial charge in [-0.3, -0.25) is 0 Å². The molecule has 2 rings (SSSR count). The Morgan fingerprint density at radius 3 is 2.58 bits per heavy atom. The Kier molecular flexibility index (Phi) is 5.91. The summed E-state index contributed by atoms with van der Waals surface area (Å²) in [5, 5.41) is 0. The summed E-state index contributed by atoms with van der Waals surface area (Å²) in [6, 6.07) is 5.25. The minimum Gasteiger partial charge on any atom is -0.438 e. The second-order valence-electron chi connectivity index (χ2n) is 5.24. The van der Waals surface area contributed by atoms with Gasteiger partial charge in [-0.1, -0.05) is 6.07 Å². The molecule has 26 heavy (non-hydrogen) atoms. The first-order valence-electron chi connectivity index (χ1n) is 6.96. The van der Waals surface area contributed by atoms with Gasteiger partial charge in [-0.25, -0.2) is 4.98 Å². The molecule has 0 aliphatic carbocycles. The Labute approximate surface area is 156 Å². The highest BCUT2D eigenvalue weighted by atomic mass is 79.9. The van der Waals surface area contributed by atoms with Gasteiger partial charge in [-0.05, 0) is 40.2 Å². The van der Waals surface area contributed by atoms with E-state index in [0.717, 1.165) is 24.5 Å². The molecule has 2 aromatic rings. The molecule has 140 valence electrons. The van der Waals surface area contributed by atoms with Crippen molar-refractivity contribution in [3.63, 3.8) is 0 Å². The molecule has 1 aromatic carbocycles. The number of sulfonamides is 1. The Morgan fingerprint density at radius 1 is 1.27 bits per heavy atom. The standard InChI is InChI=1S/C15H13BrF3N3O3S/c1-22(2)9-21-26(23,24)13-7-11(16)8-20-14(13)25-12-5-3-4-10(6-12)15(17,18)19/h3-9H,1-2H3/b21-9+. The highest BCUT2D eigenvalue weighted by Gasteiger charge is 2.31. The number of hydrogen-bond donors (Lipinski definition) is 0. The van der Waals surface area contributed by atoms with Crippen molar-refractivity contribution < 1.29 is 26.3 Å². The fourth-order valence-electron chi connectivity index (χ4n) is 1.73. The first-order chi connectivity index (χ1) is 12.0. The second kappa shape index (κ2) is 7.62. The van der Waals surface area contributed by atoms with Crippen LogP contribution in [0.2, 0.25) is 0 Å². The highest BCUT2D eigenvalue weighted by molar-refractivity contribution is 9.10. The van der Waals surface area contributed by atoms with Gasteiger partial charge in [0.1, 0.15) is 12.1 Å². The smallest absolute Gasteiger partial charge is 0.416 e. The number of alkyl halides is 3. The maximum Gasteiger partial charge on any atom is 0.416 e. The van der Waals surface area contributed by atoms with Gasteiger partial charge in [0, 0.05) is 24.8 Å². The molecule has 0 saturated heterocycles. The van der Waals surface area contributed by atoms with E-state index in [1.807, 2.05) is 0 Å². The topological polar surface area (TPSA) is 71.9 Å². The van der Waals surface area contributed by atoms with Crippen LogP contribution in [0.5, 0.6) is 11.6 Å². The average Bonchev–Trinajstić information content (AvgIpc) is 2.54. The molecule has 0 N–H and O–H groups in total. The maximum atomic E-state index is 12.8. The summed E-state index contributed by atoms with van der Waals surface area (Å²) in [4.78, 5) is 4.87. The Bertz CT molecular complexity index is 931. The lowest BCUT2D eigenvalue weighted by atomic mass is 10.2. The maximum absolute atomic E-state index is 12.8. The highest BCUT2D eigenvalue weighted by Crippen LogP contribution is 2.34. The van der Waals surface area contributed by atoms with Crippen LogP contribution >= 0.6 is 15.9 Å². The van der Waals surface area contributed by atoms with Crippen LogP contribution in [0, 0.1) is 0 Å². The van der Waals surface area contributed by atoms with Gasteiger partial charge in [0.2, 0.25) is 5.88 Å². The first kappa shape index (κ1) is 20.2. The van der Waals surface area contributed by atoms with Gasteiger partial charge in [0.15, 0.2) is 4.90 Å². The number of benzene rings is 1. The van der Waals surface area contributed by atoms with Crippen LogP contribution < -0.4 is 4.74 Å². The Morgan fingerprint density at radius 2 is 1.96 bits per heavy atom. The average molecular weight is 452 g/mol. The predicted molar refractivity (Wildman–Crippen MR) is 92.8 cm³/mol. The van der Waals surface area contributed by atoms with E-state index in [-0.39, 0.29) is 16.5 Å². The molecule has 0 aliphatic rings. The van der Waals surface area contributed by atoms with Crippen molar-refractivity contribution in [3.8, 4) is 11.6 Å². The van der Waals surface area contributed by atoms with Gasteiger partial charge in [-0.15, -0.1) is 4.40 Å². The Balaban J connectivity index is 2.46. The molecule has 0 aliphatic heterocycles. The van der Waals surface area contributed by atoms with Gasteiger partial charge < -0.3 is 9.64 Å². The van der Waals surface area contributed by atoms with Gasteiger partial charge in [0.25, 0.3) is 10.0 Å². The lowest BCUT2D eigenvalue weighted by molar-refractivity contribution is -0.137. The predicted octanol–water partition coefficient (Wildman–Crippen LogP) is 3.93. The number of halogens is 4. The van der Waals surface area contributed by atoms with Crippen LogP contribution in [0.25, 0.3) is 0 Å². The van der Waals surface area contributed by atoms with E-state index in [1.54, 1.807) is 14.1 Å². The first-order valence-corrected chi connectivity index (χ1v) is 9.20. The number of hydrogen-bond acceptors (Lipinski definition) is 4. The summed E-state index contributed by atoms with van der Waals surface area (Å²) in [5.74, 6) is -0.592. The Hall–Kier alpha value is -2.14. The van der Waals surface area contributed by atoms with Crippen molar-refractivity contribution in [1.82, 2.24) is 9.88 Å². The molecular formula is C15H13BrF3N3O3S. The van der Waals surface area contributed by atoms with Crippen molar-refractivity contribution in [2.75, 3.05) is 14.1 Å². The normalized spacial score (nSPS) is 12.4. The SMILES string of the molecule is CN(C)/C=N/S(=O)(=O)c1cc(Br)cnc1Oc1cccc(C(F)(F)F)c1. The molecule has 0 saturated carbocycles. The summed E-state index contributed by atoms with van der Waals surface area (Å²) in [5.41, 5.74) is -0.929. The molecule has 0 amide bonds. The number of aromatic nitrogens is 1. The molecule has 6 nitrogen and oxygen atoms in total. The van der Waals surface area contributed by atoms with E-state index in [2.05, 4.69) is 25.3 Å². The molecule has 0 spiro atoms. The molecular weight excluding hydrogens is 439 g/mol. The van der Waals surface area contributed by atoms with E-state index < -0.39 is 21.8 Å². The van der Waals surface area contributed by atoms with E-state index in [1.165, 1.54) is 23.2 Å². The van der Waals surface area contributed by atoms with E-state index in [9.17, 15) is 21.6 Å². The molecule has 0 fully saturated rings. The molecule has 0 radical (unpaired) electrons. The van der Waals surface area contributed by atoms with Crippen molar-refractivity contribution in [1.29, 1.82) is 0 Å². The number of nitrogens with zero attached hydrogens (tertiary/aromatic N) is 3. The number of pyridine rings is 1. The van der Waals surface area contributed by atoms with Crippen LogP contribution in [-0.2, 0) is 16.2 Å². The summed E-state index contributed by atoms with van der Waals surface area (Å²) < 4.78 is 72.3. The molecule has 0 bridgehead atoms.